The lowest BCUT2D eigenvalue weighted by molar-refractivity contribution is -0.159. The molecule has 1 aromatic rings. The van der Waals surface area contributed by atoms with Gasteiger partial charge in [0, 0.05) is 31.9 Å². The molecule has 1 aromatic heterocycles. The van der Waals surface area contributed by atoms with Gasteiger partial charge < -0.3 is 10.2 Å². The number of aromatic nitrogens is 2. The summed E-state index contributed by atoms with van der Waals surface area (Å²) in [5.41, 5.74) is -0.637. The van der Waals surface area contributed by atoms with Gasteiger partial charge in [-0.15, -0.1) is 0 Å². The average Bonchev–Trinajstić information content (AvgIpc) is 2.72. The Kier molecular flexibility index (Phi) is 3.36. The van der Waals surface area contributed by atoms with Crippen LogP contribution in [0, 0.1) is 0 Å². The molecule has 1 N–H and O–H groups in total. The van der Waals surface area contributed by atoms with E-state index in [0.29, 0.717) is 13.0 Å². The second-order valence-electron chi connectivity index (χ2n) is 6.29. The maximum atomic E-state index is 12.5. The van der Waals surface area contributed by atoms with E-state index in [9.17, 15) is 9.59 Å². The highest BCUT2D eigenvalue weighted by Crippen LogP contribution is 2.26. The number of hydrogen-bond donors (Lipinski definition) is 1. The minimum absolute atomic E-state index is 0.0516. The number of nitrogens with one attached hydrogen (secondary N) is 1. The minimum atomic E-state index is -0.848. The van der Waals surface area contributed by atoms with Crippen molar-refractivity contribution in [3.63, 3.8) is 0 Å². The highest BCUT2D eigenvalue weighted by Gasteiger charge is 2.49. The van der Waals surface area contributed by atoms with E-state index >= 15 is 0 Å². The van der Waals surface area contributed by atoms with E-state index in [0.717, 1.165) is 5.69 Å². The van der Waals surface area contributed by atoms with Gasteiger partial charge in [-0.3, -0.25) is 14.3 Å². The third-order valence-electron chi connectivity index (χ3n) is 3.95. The van der Waals surface area contributed by atoms with Crippen LogP contribution in [-0.2, 0) is 23.1 Å². The molecule has 1 saturated heterocycles. The summed E-state index contributed by atoms with van der Waals surface area (Å²) < 4.78 is 1.78. The number of rotatable bonds is 3. The van der Waals surface area contributed by atoms with E-state index in [1.165, 1.54) is 0 Å². The van der Waals surface area contributed by atoms with Crippen LogP contribution in [0.4, 0.5) is 0 Å². The van der Waals surface area contributed by atoms with Gasteiger partial charge in [0.1, 0.15) is 11.1 Å². The van der Waals surface area contributed by atoms with Crippen molar-refractivity contribution in [3.05, 3.63) is 18.0 Å². The molecule has 0 bridgehead atoms. The van der Waals surface area contributed by atoms with Crippen molar-refractivity contribution in [2.75, 3.05) is 6.54 Å². The highest BCUT2D eigenvalue weighted by molar-refractivity contribution is 6.01. The number of nitrogens with zero attached hydrogens (tertiary/aromatic N) is 3. The molecule has 0 spiro atoms. The fraction of sp³-hybridized carbons (Fsp3) is 0.643. The van der Waals surface area contributed by atoms with E-state index in [1.54, 1.807) is 43.5 Å². The van der Waals surface area contributed by atoms with Gasteiger partial charge in [-0.2, -0.15) is 5.10 Å². The molecule has 6 heteroatoms. The zero-order valence-electron chi connectivity index (χ0n) is 12.7. The second-order valence-corrected chi connectivity index (χ2v) is 6.29. The summed E-state index contributed by atoms with van der Waals surface area (Å²) in [7, 11) is 1.87. The molecular formula is C14H22N4O2. The molecule has 1 aliphatic rings. The predicted octanol–water partition coefficient (Wildman–Crippen LogP) is 0.478. The molecule has 0 saturated carbocycles. The maximum Gasteiger partial charge on any atom is 0.248 e. The van der Waals surface area contributed by atoms with Crippen LogP contribution in [0.3, 0.4) is 0 Å². The number of carbonyl (C=O) groups excluding carboxylic acids is 2. The molecule has 6 nitrogen and oxygen atoms in total. The smallest absolute Gasteiger partial charge is 0.248 e. The van der Waals surface area contributed by atoms with Crippen LogP contribution in [0.1, 0.15) is 33.4 Å². The zero-order chi connectivity index (χ0) is 15.1. The van der Waals surface area contributed by atoms with E-state index in [1.807, 2.05) is 13.1 Å². The first-order valence-electron chi connectivity index (χ1n) is 6.78. The summed E-state index contributed by atoms with van der Waals surface area (Å²) in [5, 5.41) is 6.90. The Morgan fingerprint density at radius 3 is 2.45 bits per heavy atom. The summed E-state index contributed by atoms with van der Waals surface area (Å²) in [5.74, 6) is -0.170. The number of carbonyl (C=O) groups is 2. The van der Waals surface area contributed by atoms with E-state index in [-0.39, 0.29) is 11.8 Å². The largest absolute Gasteiger partial charge is 0.340 e. The predicted molar refractivity (Wildman–Crippen MR) is 74.9 cm³/mol. The topological polar surface area (TPSA) is 67.2 Å². The van der Waals surface area contributed by atoms with Crippen molar-refractivity contribution < 1.29 is 9.59 Å². The lowest BCUT2D eigenvalue weighted by atomic mass is 9.89. The van der Waals surface area contributed by atoms with Crippen molar-refractivity contribution in [2.24, 2.45) is 7.05 Å². The third kappa shape index (κ3) is 2.30. The Hall–Kier alpha value is -1.85. The van der Waals surface area contributed by atoms with Crippen LogP contribution in [0.2, 0.25) is 0 Å². The molecule has 2 rings (SSSR count). The number of aryl methyl sites for hydroxylation is 1. The first-order valence-corrected chi connectivity index (χ1v) is 6.78. The van der Waals surface area contributed by atoms with E-state index < -0.39 is 11.1 Å². The Balaban J connectivity index is 2.20. The normalized spacial score (nSPS) is 20.9. The monoisotopic (exact) mass is 278 g/mol. The van der Waals surface area contributed by atoms with Crippen LogP contribution in [0.25, 0.3) is 0 Å². The molecule has 0 aliphatic carbocycles. The molecule has 2 amide bonds. The van der Waals surface area contributed by atoms with Gasteiger partial charge in [-0.25, -0.2) is 0 Å². The fourth-order valence-corrected chi connectivity index (χ4v) is 2.46. The molecule has 0 atom stereocenters. The number of amides is 2. The minimum Gasteiger partial charge on any atom is -0.340 e. The van der Waals surface area contributed by atoms with Crippen LogP contribution in [-0.4, -0.2) is 44.1 Å². The Bertz CT molecular complexity index is 545. The lowest BCUT2D eigenvalue weighted by Gasteiger charge is -2.47. The van der Waals surface area contributed by atoms with Crippen LogP contribution < -0.4 is 5.32 Å². The molecule has 0 unspecified atom stereocenters. The maximum absolute atomic E-state index is 12.5. The van der Waals surface area contributed by atoms with Gasteiger partial charge in [0.25, 0.3) is 0 Å². The van der Waals surface area contributed by atoms with E-state index in [4.69, 9.17) is 0 Å². The summed E-state index contributed by atoms with van der Waals surface area (Å²) in [6.45, 7) is 7.53. The molecular weight excluding hydrogens is 256 g/mol. The van der Waals surface area contributed by atoms with Crippen molar-refractivity contribution in [3.8, 4) is 0 Å². The second kappa shape index (κ2) is 4.61. The number of hydrogen-bond acceptors (Lipinski definition) is 3. The quantitative estimate of drug-likeness (QED) is 0.874. The van der Waals surface area contributed by atoms with Gasteiger partial charge in [0.05, 0.1) is 0 Å². The van der Waals surface area contributed by atoms with Crippen LogP contribution in [0.15, 0.2) is 12.3 Å². The van der Waals surface area contributed by atoms with Gasteiger partial charge in [-0.05, 0) is 33.8 Å². The molecule has 110 valence electrons. The van der Waals surface area contributed by atoms with Gasteiger partial charge in [0.2, 0.25) is 11.8 Å². The van der Waals surface area contributed by atoms with Gasteiger partial charge in [0.15, 0.2) is 0 Å². The standard InChI is InChI=1S/C14H22N4O2/c1-13(2)12(20)18(14(3,4)11(19)16-13)9-7-10-6-8-15-17(10)5/h6,8H,7,9H2,1-5H3,(H,16,19). The Morgan fingerprint density at radius 1 is 1.25 bits per heavy atom. The van der Waals surface area contributed by atoms with Crippen LogP contribution >= 0.6 is 0 Å². The van der Waals surface area contributed by atoms with Gasteiger partial charge in [-0.1, -0.05) is 0 Å². The third-order valence-corrected chi connectivity index (χ3v) is 3.95. The first-order chi connectivity index (χ1) is 9.16. The Labute approximate surface area is 119 Å². The lowest BCUT2D eigenvalue weighted by Crippen LogP contribution is -2.72. The van der Waals surface area contributed by atoms with Crippen molar-refractivity contribution in [2.45, 2.75) is 45.2 Å². The summed E-state index contributed by atoms with van der Waals surface area (Å²) in [4.78, 5) is 26.4. The average molecular weight is 278 g/mol. The van der Waals surface area contributed by atoms with E-state index in [2.05, 4.69) is 10.4 Å². The summed E-state index contributed by atoms with van der Waals surface area (Å²) >= 11 is 0. The highest BCUT2D eigenvalue weighted by atomic mass is 16.2. The molecule has 20 heavy (non-hydrogen) atoms. The molecule has 0 radical (unpaired) electrons. The fourth-order valence-electron chi connectivity index (χ4n) is 2.46. The molecule has 2 heterocycles. The Morgan fingerprint density at radius 2 is 1.90 bits per heavy atom. The van der Waals surface area contributed by atoms with Crippen molar-refractivity contribution in [1.82, 2.24) is 20.0 Å². The van der Waals surface area contributed by atoms with Crippen molar-refractivity contribution in [1.29, 1.82) is 0 Å². The first kappa shape index (κ1) is 14.6. The SMILES string of the molecule is Cn1nccc1CCN1C(=O)C(C)(C)NC(=O)C1(C)C. The molecule has 1 aliphatic heterocycles. The van der Waals surface area contributed by atoms with Crippen molar-refractivity contribution >= 4 is 11.8 Å². The molecule has 0 aromatic carbocycles. The van der Waals surface area contributed by atoms with Gasteiger partial charge >= 0.3 is 0 Å². The zero-order valence-corrected chi connectivity index (χ0v) is 12.7. The molecule has 1 fully saturated rings. The summed E-state index contributed by atoms with van der Waals surface area (Å²) in [6, 6.07) is 1.92. The summed E-state index contributed by atoms with van der Waals surface area (Å²) in [6.07, 6.45) is 2.41. The van der Waals surface area contributed by atoms with Crippen LogP contribution in [0.5, 0.6) is 0 Å². The number of piperazine rings is 1.